The Morgan fingerprint density at radius 1 is 0.622 bits per heavy atom. The molecule has 4 aromatic rings. The number of halogens is 8. The van der Waals surface area contributed by atoms with E-state index in [2.05, 4.69) is 43.8 Å². The smallest absolute Gasteiger partial charge is 0.431 e. The van der Waals surface area contributed by atoms with Crippen LogP contribution in [0.25, 0.3) is 0 Å². The maximum Gasteiger partial charge on any atom is 0.431 e. The molecule has 0 amide bonds. The summed E-state index contributed by atoms with van der Waals surface area (Å²) >= 11 is 12.7. The van der Waals surface area contributed by atoms with Gasteiger partial charge in [-0.05, 0) is 48.5 Å². The van der Waals surface area contributed by atoms with E-state index >= 15 is 0 Å². The lowest BCUT2D eigenvalue weighted by Crippen LogP contribution is -2.44. The first kappa shape index (κ1) is 55.3. The van der Waals surface area contributed by atoms with Gasteiger partial charge in [-0.15, -0.1) is 0 Å². The molecule has 400 valence electrons. The molecule has 74 heavy (non-hydrogen) atoms. The van der Waals surface area contributed by atoms with Crippen LogP contribution in [0.15, 0.2) is 83.3 Å². The Labute approximate surface area is 433 Å². The first-order valence-corrected chi connectivity index (χ1v) is 24.5. The number of carbonyl (C=O) groups is 2. The summed E-state index contributed by atoms with van der Waals surface area (Å²) in [6.45, 7) is 9.66. The predicted octanol–water partition coefficient (Wildman–Crippen LogP) is 10.5. The molecular weight excluding hydrogens is 1030 g/mol. The van der Waals surface area contributed by atoms with Gasteiger partial charge in [-0.3, -0.25) is 19.6 Å². The zero-order valence-corrected chi connectivity index (χ0v) is 42.7. The highest BCUT2D eigenvalue weighted by atomic mass is 35.5. The number of nitrogens with zero attached hydrogens (tertiary/aromatic N) is 8. The highest BCUT2D eigenvalue weighted by Crippen LogP contribution is 2.40. The van der Waals surface area contributed by atoms with Crippen LogP contribution in [-0.4, -0.2) is 121 Å². The average Bonchev–Trinajstić information content (AvgIpc) is 3.86. The van der Waals surface area contributed by atoms with Crippen LogP contribution in [0.2, 0.25) is 10.0 Å². The number of aliphatic carboxylic acids is 2. The number of piperidine rings is 2. The van der Waals surface area contributed by atoms with E-state index in [4.69, 9.17) is 42.1 Å². The SMILES string of the molecule is COc1cc(N2CC[C@@H](Oc3ccc(N4N=C(C(F)(F)F)[C@@H](C)[C@@H]4CC(=O)O)cc3)[C@H](C)C2)c(Cl)cn1.COc1cc(N2CC[C@H](Oc3ccc(N4N=C(C(F)(F)F)[C@@H](C)[C@@H]4CC(=O)O)cc3)[C@@H](C)C2)c(Cl)cn1. The summed E-state index contributed by atoms with van der Waals surface area (Å²) in [4.78, 5) is 35.2. The molecule has 2 aromatic heterocycles. The summed E-state index contributed by atoms with van der Waals surface area (Å²) in [7, 11) is 3.10. The Kier molecular flexibility index (Phi) is 17.2. The second kappa shape index (κ2) is 23.0. The van der Waals surface area contributed by atoms with Crippen molar-refractivity contribution < 1.29 is 65.1 Å². The fourth-order valence-corrected chi connectivity index (χ4v) is 10.1. The molecule has 0 saturated carbocycles. The fraction of sp³-hybridized carbons (Fsp3) is 0.480. The molecule has 2 aromatic carbocycles. The number of pyridine rings is 2. The van der Waals surface area contributed by atoms with Gasteiger partial charge in [0.15, 0.2) is 0 Å². The van der Waals surface area contributed by atoms with Crippen molar-refractivity contribution in [3.8, 4) is 23.3 Å². The highest BCUT2D eigenvalue weighted by molar-refractivity contribution is 6.33. The molecule has 6 heterocycles. The third-order valence-electron chi connectivity index (χ3n) is 13.6. The number of aromatic nitrogens is 2. The maximum atomic E-state index is 13.4. The Balaban J connectivity index is 0.000000216. The molecule has 0 aliphatic carbocycles. The molecule has 24 heteroatoms. The summed E-state index contributed by atoms with van der Waals surface area (Å²) in [6, 6.07) is 14.8. The van der Waals surface area contributed by atoms with E-state index in [0.29, 0.717) is 70.9 Å². The zero-order valence-electron chi connectivity index (χ0n) is 41.1. The van der Waals surface area contributed by atoms with Gasteiger partial charge >= 0.3 is 24.3 Å². The van der Waals surface area contributed by atoms with E-state index in [1.807, 2.05) is 0 Å². The van der Waals surface area contributed by atoms with E-state index in [1.54, 1.807) is 87.3 Å². The second-order valence-electron chi connectivity index (χ2n) is 18.6. The first-order valence-electron chi connectivity index (χ1n) is 23.7. The Morgan fingerprint density at radius 2 is 0.973 bits per heavy atom. The van der Waals surface area contributed by atoms with Crippen molar-refractivity contribution in [1.82, 2.24) is 9.97 Å². The summed E-state index contributed by atoms with van der Waals surface area (Å²) < 4.78 is 103. The van der Waals surface area contributed by atoms with Gasteiger partial charge in [-0.1, -0.05) is 50.9 Å². The number of hydrazone groups is 2. The van der Waals surface area contributed by atoms with Gasteiger partial charge < -0.3 is 39.0 Å². The molecule has 8 rings (SSSR count). The lowest BCUT2D eigenvalue weighted by molar-refractivity contribution is -0.138. The van der Waals surface area contributed by atoms with Crippen LogP contribution < -0.4 is 38.8 Å². The number of ether oxygens (including phenoxy) is 4. The predicted molar refractivity (Wildman–Crippen MR) is 268 cm³/mol. The molecule has 0 unspecified atom stereocenters. The molecule has 16 nitrogen and oxygen atoms in total. The van der Waals surface area contributed by atoms with Crippen LogP contribution in [0.4, 0.5) is 49.1 Å². The highest BCUT2D eigenvalue weighted by Gasteiger charge is 2.50. The van der Waals surface area contributed by atoms with Gasteiger partial charge in [-0.2, -0.15) is 36.5 Å². The molecular formula is C50H56Cl2F6N8O8. The van der Waals surface area contributed by atoms with Crippen LogP contribution in [0.5, 0.6) is 23.3 Å². The number of carboxylic acids is 2. The number of carboxylic acid groups (broad SMARTS) is 2. The van der Waals surface area contributed by atoms with Crippen molar-refractivity contribution in [2.45, 2.75) is 90.0 Å². The van der Waals surface area contributed by atoms with Gasteiger partial charge in [0.05, 0.1) is 84.3 Å². The van der Waals surface area contributed by atoms with Gasteiger partial charge in [0, 0.05) is 74.8 Å². The Morgan fingerprint density at radius 3 is 1.27 bits per heavy atom. The standard InChI is InChI=1S/2C25H28ClF3N4O4/c2*1-14-13-32(20-10-22(36-3)30-12-18(20)26)9-8-21(14)37-17-6-4-16(5-7-17)33-19(11-23(34)35)15(2)24(31-33)25(27,28)29/h2*4-7,10,12,14-15,19,21H,8-9,11,13H2,1-3H3,(H,34,35)/t14-,15+,19+,21-;14-,15-,19-,21-/m10/s1. The topological polar surface area (TPSA) is 175 Å². The second-order valence-corrected chi connectivity index (χ2v) is 19.5. The van der Waals surface area contributed by atoms with E-state index < -0.39 is 72.5 Å². The molecule has 2 fully saturated rings. The number of anilines is 4. The van der Waals surface area contributed by atoms with E-state index in [9.17, 15) is 46.1 Å². The monoisotopic (exact) mass is 1080 g/mol. The number of hydrogen-bond acceptors (Lipinski definition) is 14. The summed E-state index contributed by atoms with van der Waals surface area (Å²) in [5.74, 6) is -2.12. The number of rotatable bonds is 14. The molecule has 0 radical (unpaired) electrons. The van der Waals surface area contributed by atoms with Crippen LogP contribution in [0.3, 0.4) is 0 Å². The number of methoxy groups -OCH3 is 2. The van der Waals surface area contributed by atoms with Crippen molar-refractivity contribution in [3.63, 3.8) is 0 Å². The van der Waals surface area contributed by atoms with Gasteiger partial charge in [0.2, 0.25) is 11.8 Å². The number of benzene rings is 2. The molecule has 2 N–H and O–H groups in total. The third kappa shape index (κ3) is 12.9. The largest absolute Gasteiger partial charge is 0.490 e. The lowest BCUT2D eigenvalue weighted by atomic mass is 9.94. The Hall–Kier alpha value is -6.42. The Bertz CT molecular complexity index is 2500. The minimum Gasteiger partial charge on any atom is -0.490 e. The van der Waals surface area contributed by atoms with E-state index in [0.717, 1.165) is 34.2 Å². The van der Waals surface area contributed by atoms with Gasteiger partial charge in [-0.25, -0.2) is 9.97 Å². The minimum atomic E-state index is -4.63. The lowest BCUT2D eigenvalue weighted by Gasteiger charge is -2.38. The summed E-state index contributed by atoms with van der Waals surface area (Å²) in [6.07, 6.45) is -5.77. The summed E-state index contributed by atoms with van der Waals surface area (Å²) in [5, 5.41) is 29.3. The summed E-state index contributed by atoms with van der Waals surface area (Å²) in [5.41, 5.74) is 0.469. The molecule has 4 aliphatic rings. The average molecular weight is 1080 g/mol. The van der Waals surface area contributed by atoms with Crippen LogP contribution in [0, 0.1) is 23.7 Å². The van der Waals surface area contributed by atoms with E-state index in [-0.39, 0.29) is 24.0 Å². The fourth-order valence-electron chi connectivity index (χ4n) is 9.63. The molecule has 0 spiro atoms. The van der Waals surface area contributed by atoms with Crippen molar-refractivity contribution >= 4 is 69.3 Å². The van der Waals surface area contributed by atoms with Crippen LogP contribution in [-0.2, 0) is 9.59 Å². The molecule has 4 aliphatic heterocycles. The van der Waals surface area contributed by atoms with Crippen molar-refractivity contribution in [2.24, 2.45) is 33.9 Å². The number of hydrogen-bond donors (Lipinski definition) is 2. The molecule has 2 saturated heterocycles. The maximum absolute atomic E-state index is 13.4. The molecule has 0 bridgehead atoms. The quantitative estimate of drug-likeness (QED) is 0.114. The van der Waals surface area contributed by atoms with Crippen LogP contribution in [0.1, 0.15) is 53.4 Å². The van der Waals surface area contributed by atoms with Crippen LogP contribution >= 0.6 is 23.2 Å². The zero-order chi connectivity index (χ0) is 53.8. The van der Waals surface area contributed by atoms with Crippen molar-refractivity contribution in [3.05, 3.63) is 83.1 Å². The van der Waals surface area contributed by atoms with Gasteiger partial charge in [0.1, 0.15) is 35.1 Å². The normalized spacial score (nSPS) is 24.1. The minimum absolute atomic E-state index is 0.0778. The van der Waals surface area contributed by atoms with Gasteiger partial charge in [0.25, 0.3) is 0 Å². The molecule has 8 atom stereocenters. The number of alkyl halides is 6. The first-order chi connectivity index (χ1) is 34.9. The van der Waals surface area contributed by atoms with Crippen molar-refractivity contribution in [2.75, 3.05) is 60.2 Å². The van der Waals surface area contributed by atoms with Crippen molar-refractivity contribution in [1.29, 1.82) is 0 Å². The van der Waals surface area contributed by atoms with E-state index in [1.165, 1.54) is 13.8 Å². The third-order valence-corrected chi connectivity index (χ3v) is 14.2.